The van der Waals surface area contributed by atoms with Crippen LogP contribution in [0.4, 0.5) is 14.6 Å². The first kappa shape index (κ1) is 15.0. The van der Waals surface area contributed by atoms with Gasteiger partial charge in [-0.05, 0) is 18.2 Å². The summed E-state index contributed by atoms with van der Waals surface area (Å²) in [5.74, 6) is -0.858. The number of hydrogen-bond donors (Lipinski definition) is 2. The van der Waals surface area contributed by atoms with Gasteiger partial charge in [-0.1, -0.05) is 0 Å². The Morgan fingerprint density at radius 3 is 2.71 bits per heavy atom. The SMILES string of the molecule is O=C(O)c1ccc2c(N(CCO)CC(F)F)ncnc2c1. The van der Waals surface area contributed by atoms with Crippen LogP contribution in [0.25, 0.3) is 10.9 Å². The molecular formula is C13H13F2N3O3. The maximum atomic E-state index is 12.6. The number of carboxylic acids is 1. The van der Waals surface area contributed by atoms with Crippen molar-refractivity contribution in [2.24, 2.45) is 0 Å². The molecule has 21 heavy (non-hydrogen) atoms. The highest BCUT2D eigenvalue weighted by Crippen LogP contribution is 2.24. The Labute approximate surface area is 118 Å². The molecule has 112 valence electrons. The Morgan fingerprint density at radius 2 is 2.10 bits per heavy atom. The second-order valence-electron chi connectivity index (χ2n) is 4.30. The molecule has 0 radical (unpaired) electrons. The molecule has 0 saturated carbocycles. The van der Waals surface area contributed by atoms with Crippen molar-refractivity contribution >= 4 is 22.7 Å². The molecule has 1 heterocycles. The van der Waals surface area contributed by atoms with Crippen molar-refractivity contribution < 1.29 is 23.8 Å². The number of aromatic carboxylic acids is 1. The van der Waals surface area contributed by atoms with Gasteiger partial charge in [-0.15, -0.1) is 0 Å². The summed E-state index contributed by atoms with van der Waals surface area (Å²) in [6.07, 6.45) is -1.40. The van der Waals surface area contributed by atoms with Gasteiger partial charge in [0.15, 0.2) is 0 Å². The first-order valence-electron chi connectivity index (χ1n) is 6.15. The third-order valence-electron chi connectivity index (χ3n) is 2.89. The van der Waals surface area contributed by atoms with Crippen molar-refractivity contribution in [1.82, 2.24) is 9.97 Å². The van der Waals surface area contributed by atoms with Gasteiger partial charge in [0, 0.05) is 11.9 Å². The zero-order valence-corrected chi connectivity index (χ0v) is 10.9. The molecule has 0 saturated heterocycles. The lowest BCUT2D eigenvalue weighted by molar-refractivity contribution is 0.0697. The van der Waals surface area contributed by atoms with Gasteiger partial charge >= 0.3 is 5.97 Å². The van der Waals surface area contributed by atoms with Crippen LogP contribution in [0.2, 0.25) is 0 Å². The topological polar surface area (TPSA) is 86.5 Å². The van der Waals surface area contributed by atoms with Gasteiger partial charge < -0.3 is 15.1 Å². The Morgan fingerprint density at radius 1 is 1.33 bits per heavy atom. The molecule has 0 aliphatic carbocycles. The van der Waals surface area contributed by atoms with E-state index in [0.29, 0.717) is 10.9 Å². The molecule has 2 aromatic rings. The van der Waals surface area contributed by atoms with E-state index in [-0.39, 0.29) is 24.5 Å². The number of aromatic nitrogens is 2. The number of benzene rings is 1. The summed E-state index contributed by atoms with van der Waals surface area (Å²) in [5.41, 5.74) is 0.395. The van der Waals surface area contributed by atoms with Gasteiger partial charge in [-0.2, -0.15) is 0 Å². The van der Waals surface area contributed by atoms with Gasteiger partial charge in [0.1, 0.15) is 12.1 Å². The van der Waals surface area contributed by atoms with Gasteiger partial charge in [-0.3, -0.25) is 0 Å². The molecule has 0 aliphatic rings. The molecule has 0 fully saturated rings. The van der Waals surface area contributed by atoms with E-state index in [0.717, 1.165) is 0 Å². The summed E-state index contributed by atoms with van der Waals surface area (Å²) in [7, 11) is 0. The number of carboxylic acid groups (broad SMARTS) is 1. The van der Waals surface area contributed by atoms with E-state index >= 15 is 0 Å². The maximum absolute atomic E-state index is 12.6. The molecule has 1 aromatic heterocycles. The van der Waals surface area contributed by atoms with Crippen LogP contribution in [0.3, 0.4) is 0 Å². The van der Waals surface area contributed by atoms with Crippen LogP contribution >= 0.6 is 0 Å². The third kappa shape index (κ3) is 3.40. The van der Waals surface area contributed by atoms with E-state index in [1.807, 2.05) is 0 Å². The van der Waals surface area contributed by atoms with E-state index in [1.54, 1.807) is 0 Å². The largest absolute Gasteiger partial charge is 0.478 e. The van der Waals surface area contributed by atoms with Gasteiger partial charge in [-0.25, -0.2) is 23.5 Å². The summed E-state index contributed by atoms with van der Waals surface area (Å²) in [6.45, 7) is -0.879. The van der Waals surface area contributed by atoms with Crippen molar-refractivity contribution in [3.8, 4) is 0 Å². The number of carbonyl (C=O) groups is 1. The Balaban J connectivity index is 2.49. The number of fused-ring (bicyclic) bond motifs is 1. The van der Waals surface area contributed by atoms with Crippen LogP contribution in [-0.4, -0.2) is 52.3 Å². The minimum atomic E-state index is -2.58. The smallest absolute Gasteiger partial charge is 0.335 e. The standard InChI is InChI=1S/C13H13F2N3O3/c14-11(15)6-18(3-4-19)12-9-2-1-8(13(20)21)5-10(9)16-7-17-12/h1-2,5,7,11,19H,3-4,6H2,(H,20,21). The number of nitrogens with zero attached hydrogens (tertiary/aromatic N) is 3. The molecule has 0 atom stereocenters. The average Bonchev–Trinajstić information content (AvgIpc) is 2.45. The van der Waals surface area contributed by atoms with Crippen molar-refractivity contribution in [2.45, 2.75) is 6.43 Å². The number of aliphatic hydroxyl groups excluding tert-OH is 1. The second-order valence-corrected chi connectivity index (χ2v) is 4.30. The molecule has 0 unspecified atom stereocenters. The first-order chi connectivity index (χ1) is 10.0. The predicted molar refractivity (Wildman–Crippen MR) is 71.8 cm³/mol. The predicted octanol–water partition coefficient (Wildman–Crippen LogP) is 1.39. The van der Waals surface area contributed by atoms with Crippen molar-refractivity contribution in [1.29, 1.82) is 0 Å². The van der Waals surface area contributed by atoms with Crippen LogP contribution < -0.4 is 4.90 Å². The molecular weight excluding hydrogens is 284 g/mol. The summed E-state index contributed by atoms with van der Waals surface area (Å²) in [4.78, 5) is 20.1. The molecule has 1 aromatic carbocycles. The maximum Gasteiger partial charge on any atom is 0.335 e. The molecule has 2 N–H and O–H groups in total. The number of hydrogen-bond acceptors (Lipinski definition) is 5. The van der Waals surface area contributed by atoms with Crippen LogP contribution in [0.5, 0.6) is 0 Å². The quantitative estimate of drug-likeness (QED) is 0.838. The normalized spacial score (nSPS) is 11.0. The van der Waals surface area contributed by atoms with Gasteiger partial charge in [0.25, 0.3) is 6.43 Å². The van der Waals surface area contributed by atoms with E-state index in [1.165, 1.54) is 29.4 Å². The zero-order chi connectivity index (χ0) is 15.4. The van der Waals surface area contributed by atoms with Gasteiger partial charge in [0.05, 0.1) is 24.2 Å². The zero-order valence-electron chi connectivity index (χ0n) is 10.9. The van der Waals surface area contributed by atoms with Crippen molar-refractivity contribution in [3.05, 3.63) is 30.1 Å². The summed E-state index contributed by atoms with van der Waals surface area (Å²) in [6, 6.07) is 4.18. The Kier molecular flexibility index (Phi) is 4.59. The monoisotopic (exact) mass is 297 g/mol. The van der Waals surface area contributed by atoms with Crippen LogP contribution in [-0.2, 0) is 0 Å². The summed E-state index contributed by atoms with van der Waals surface area (Å²) in [5, 5.41) is 18.4. The molecule has 6 nitrogen and oxygen atoms in total. The van der Waals surface area contributed by atoms with Gasteiger partial charge in [0.2, 0.25) is 0 Å². The molecule has 0 amide bonds. The lowest BCUT2D eigenvalue weighted by Gasteiger charge is -2.23. The second kappa shape index (κ2) is 6.40. The van der Waals surface area contributed by atoms with E-state index in [9.17, 15) is 13.6 Å². The number of halogens is 2. The van der Waals surface area contributed by atoms with Crippen LogP contribution in [0.15, 0.2) is 24.5 Å². The van der Waals surface area contributed by atoms with Crippen molar-refractivity contribution in [3.63, 3.8) is 0 Å². The summed E-state index contributed by atoms with van der Waals surface area (Å²) >= 11 is 0. The molecule has 8 heteroatoms. The summed E-state index contributed by atoms with van der Waals surface area (Å²) < 4.78 is 25.2. The highest BCUT2D eigenvalue weighted by Gasteiger charge is 2.17. The fraction of sp³-hybridized carbons (Fsp3) is 0.308. The highest BCUT2D eigenvalue weighted by molar-refractivity contribution is 5.96. The minimum Gasteiger partial charge on any atom is -0.478 e. The fourth-order valence-electron chi connectivity index (χ4n) is 2.00. The fourth-order valence-corrected chi connectivity index (χ4v) is 2.00. The number of aliphatic hydroxyl groups is 1. The van der Waals surface area contributed by atoms with Crippen molar-refractivity contribution in [2.75, 3.05) is 24.6 Å². The highest BCUT2D eigenvalue weighted by atomic mass is 19.3. The lowest BCUT2D eigenvalue weighted by Crippen LogP contribution is -2.32. The van der Waals surface area contributed by atoms with E-state index in [4.69, 9.17) is 10.2 Å². The Bertz CT molecular complexity index is 652. The van der Waals surface area contributed by atoms with E-state index < -0.39 is 18.9 Å². The molecule has 0 bridgehead atoms. The number of rotatable bonds is 6. The number of alkyl halides is 2. The lowest BCUT2D eigenvalue weighted by atomic mass is 10.1. The molecule has 0 spiro atoms. The number of anilines is 1. The molecule has 0 aliphatic heterocycles. The Hall–Kier alpha value is -2.35. The minimum absolute atomic E-state index is 0.00284. The molecule has 2 rings (SSSR count). The first-order valence-corrected chi connectivity index (χ1v) is 6.15. The average molecular weight is 297 g/mol. The van der Waals surface area contributed by atoms with Crippen LogP contribution in [0.1, 0.15) is 10.4 Å². The van der Waals surface area contributed by atoms with Crippen LogP contribution in [0, 0.1) is 0 Å². The third-order valence-corrected chi connectivity index (χ3v) is 2.89. The van der Waals surface area contributed by atoms with E-state index in [2.05, 4.69) is 9.97 Å².